The Labute approximate surface area is 160 Å². The first-order valence-corrected chi connectivity index (χ1v) is 9.41. The summed E-state index contributed by atoms with van der Waals surface area (Å²) < 4.78 is 0. The van der Waals surface area contributed by atoms with Crippen molar-refractivity contribution in [1.29, 1.82) is 0 Å². The molecule has 0 bridgehead atoms. The summed E-state index contributed by atoms with van der Waals surface area (Å²) in [5.74, 6) is 1.55. The number of urea groups is 1. The Kier molecular flexibility index (Phi) is 6.11. The van der Waals surface area contributed by atoms with Crippen molar-refractivity contribution in [3.05, 3.63) is 42.1 Å². The molecule has 1 aliphatic carbocycles. The highest BCUT2D eigenvalue weighted by atomic mass is 16.2. The third-order valence-corrected chi connectivity index (χ3v) is 4.89. The van der Waals surface area contributed by atoms with Gasteiger partial charge >= 0.3 is 6.03 Å². The zero-order chi connectivity index (χ0) is 19.2. The van der Waals surface area contributed by atoms with Crippen LogP contribution in [0.3, 0.4) is 0 Å². The van der Waals surface area contributed by atoms with Crippen LogP contribution < -0.4 is 20.9 Å². The van der Waals surface area contributed by atoms with Crippen LogP contribution in [0, 0.1) is 6.92 Å². The van der Waals surface area contributed by atoms with Gasteiger partial charge in [0.2, 0.25) is 5.95 Å². The van der Waals surface area contributed by atoms with Gasteiger partial charge < -0.3 is 20.9 Å². The largest absolute Gasteiger partial charge is 0.363 e. The van der Waals surface area contributed by atoms with E-state index >= 15 is 0 Å². The fourth-order valence-electron chi connectivity index (χ4n) is 3.29. The van der Waals surface area contributed by atoms with Crippen molar-refractivity contribution in [3.63, 3.8) is 0 Å². The highest BCUT2D eigenvalue weighted by Crippen LogP contribution is 2.22. The van der Waals surface area contributed by atoms with E-state index in [0.717, 1.165) is 42.8 Å². The minimum Gasteiger partial charge on any atom is -0.363 e. The molecule has 0 spiro atoms. The Bertz CT molecular complexity index is 771. The molecule has 0 atom stereocenters. The van der Waals surface area contributed by atoms with E-state index in [4.69, 9.17) is 0 Å². The molecule has 2 amide bonds. The molecule has 2 aromatic rings. The van der Waals surface area contributed by atoms with Crippen LogP contribution in [-0.4, -0.2) is 42.2 Å². The van der Waals surface area contributed by atoms with Crippen LogP contribution in [0.15, 0.2) is 36.5 Å². The van der Waals surface area contributed by atoms with Crippen molar-refractivity contribution >= 4 is 23.5 Å². The van der Waals surface area contributed by atoms with E-state index in [9.17, 15) is 4.79 Å². The highest BCUT2D eigenvalue weighted by Gasteiger charge is 2.23. The van der Waals surface area contributed by atoms with Crippen LogP contribution in [0.2, 0.25) is 0 Å². The molecule has 0 aliphatic heterocycles. The fraction of sp³-hybridized carbons (Fsp3) is 0.450. The third-order valence-electron chi connectivity index (χ3n) is 4.89. The molecule has 1 fully saturated rings. The molecule has 0 unspecified atom stereocenters. The van der Waals surface area contributed by atoms with Crippen LogP contribution in [0.4, 0.5) is 22.2 Å². The number of para-hydroxylation sites is 1. The quantitative estimate of drug-likeness (QED) is 0.753. The van der Waals surface area contributed by atoms with Gasteiger partial charge in [-0.3, -0.25) is 0 Å². The molecule has 3 N–H and O–H groups in total. The molecular formula is C20H28N6O. The Morgan fingerprint density at radius 3 is 2.48 bits per heavy atom. The van der Waals surface area contributed by atoms with Gasteiger partial charge in [-0.25, -0.2) is 9.78 Å². The fourth-order valence-corrected chi connectivity index (χ4v) is 3.29. The van der Waals surface area contributed by atoms with Crippen molar-refractivity contribution in [2.45, 2.75) is 44.7 Å². The maximum atomic E-state index is 12.2. The van der Waals surface area contributed by atoms with Gasteiger partial charge in [-0.2, -0.15) is 4.98 Å². The molecule has 144 valence electrons. The molecule has 1 aromatic heterocycles. The first-order valence-electron chi connectivity index (χ1n) is 9.41. The number of amides is 2. The van der Waals surface area contributed by atoms with Gasteiger partial charge in [0, 0.05) is 38.1 Å². The Hall–Kier alpha value is -2.83. The summed E-state index contributed by atoms with van der Waals surface area (Å²) in [7, 11) is 3.93. The average Bonchev–Trinajstić information content (AvgIpc) is 2.65. The average molecular weight is 368 g/mol. The summed E-state index contributed by atoms with van der Waals surface area (Å²) in [6.07, 6.45) is 5.60. The number of hydrogen-bond donors (Lipinski definition) is 3. The Morgan fingerprint density at radius 1 is 1.07 bits per heavy atom. The number of nitrogens with one attached hydrogen (secondary N) is 3. The molecule has 1 aromatic carbocycles. The van der Waals surface area contributed by atoms with E-state index in [-0.39, 0.29) is 12.1 Å². The lowest BCUT2D eigenvalue weighted by Crippen LogP contribution is -2.42. The lowest BCUT2D eigenvalue weighted by atomic mass is 9.91. The lowest BCUT2D eigenvalue weighted by molar-refractivity contribution is 0.243. The summed E-state index contributed by atoms with van der Waals surface area (Å²) in [4.78, 5) is 23.0. The Balaban J connectivity index is 1.45. The smallest absolute Gasteiger partial charge is 0.319 e. The van der Waals surface area contributed by atoms with E-state index in [1.165, 1.54) is 0 Å². The summed E-state index contributed by atoms with van der Waals surface area (Å²) >= 11 is 0. The van der Waals surface area contributed by atoms with Gasteiger partial charge in [0.25, 0.3) is 0 Å². The van der Waals surface area contributed by atoms with Crippen LogP contribution in [0.1, 0.15) is 31.2 Å². The molecule has 7 nitrogen and oxygen atoms in total. The van der Waals surface area contributed by atoms with Gasteiger partial charge in [-0.15, -0.1) is 0 Å². The van der Waals surface area contributed by atoms with Crippen molar-refractivity contribution in [1.82, 2.24) is 15.3 Å². The number of carbonyl (C=O) groups excluding carboxylic acids is 1. The molecule has 1 heterocycles. The van der Waals surface area contributed by atoms with Crippen LogP contribution in [0.5, 0.6) is 0 Å². The van der Waals surface area contributed by atoms with E-state index < -0.39 is 0 Å². The number of nitrogens with zero attached hydrogens (tertiary/aromatic N) is 3. The van der Waals surface area contributed by atoms with Crippen molar-refractivity contribution < 1.29 is 4.79 Å². The first kappa shape index (κ1) is 18.9. The third kappa shape index (κ3) is 5.32. The number of carbonyl (C=O) groups is 1. The summed E-state index contributed by atoms with van der Waals surface area (Å²) in [5, 5.41) is 9.44. The molecular weight excluding hydrogens is 340 g/mol. The standard InChI is InChI=1S/C20H28N6O/c1-14-6-4-5-7-17(14)24-20(27)23-16-10-8-15(9-11-16)22-19-21-13-12-18(25-19)26(2)3/h4-7,12-13,15-16H,8-11H2,1-3H3,(H,21,22,25)(H2,23,24,27). The van der Waals surface area contributed by atoms with Crippen molar-refractivity contribution in [2.75, 3.05) is 29.6 Å². The molecule has 1 aliphatic rings. The first-order chi connectivity index (χ1) is 13.0. The zero-order valence-corrected chi connectivity index (χ0v) is 16.2. The number of rotatable bonds is 5. The molecule has 27 heavy (non-hydrogen) atoms. The molecule has 0 radical (unpaired) electrons. The van der Waals surface area contributed by atoms with Crippen LogP contribution >= 0.6 is 0 Å². The number of hydrogen-bond acceptors (Lipinski definition) is 5. The normalized spacial score (nSPS) is 19.2. The number of aromatic nitrogens is 2. The van der Waals surface area contributed by atoms with E-state index in [1.807, 2.05) is 56.3 Å². The Morgan fingerprint density at radius 2 is 1.78 bits per heavy atom. The molecule has 0 saturated heterocycles. The van der Waals surface area contributed by atoms with Crippen LogP contribution in [0.25, 0.3) is 0 Å². The summed E-state index contributed by atoms with van der Waals surface area (Å²) in [6.45, 7) is 1.99. The second kappa shape index (κ2) is 8.70. The molecule has 7 heteroatoms. The lowest BCUT2D eigenvalue weighted by Gasteiger charge is -2.29. The van der Waals surface area contributed by atoms with Gasteiger partial charge in [0.05, 0.1) is 0 Å². The second-order valence-electron chi connectivity index (χ2n) is 7.24. The number of anilines is 3. The monoisotopic (exact) mass is 368 g/mol. The van der Waals surface area contributed by atoms with Crippen LogP contribution in [-0.2, 0) is 0 Å². The second-order valence-corrected chi connectivity index (χ2v) is 7.24. The maximum Gasteiger partial charge on any atom is 0.319 e. The zero-order valence-electron chi connectivity index (χ0n) is 16.2. The van der Waals surface area contributed by atoms with Gasteiger partial charge in [0.1, 0.15) is 5.82 Å². The minimum atomic E-state index is -0.136. The number of aryl methyl sites for hydroxylation is 1. The van der Waals surface area contributed by atoms with E-state index in [1.54, 1.807) is 6.20 Å². The summed E-state index contributed by atoms with van der Waals surface area (Å²) in [6, 6.07) is 10.1. The van der Waals surface area contributed by atoms with Gasteiger partial charge in [0.15, 0.2) is 0 Å². The SMILES string of the molecule is Cc1ccccc1NC(=O)NC1CCC(Nc2nccc(N(C)C)n2)CC1. The van der Waals surface area contributed by atoms with Crippen molar-refractivity contribution in [3.8, 4) is 0 Å². The van der Waals surface area contributed by atoms with E-state index in [0.29, 0.717) is 12.0 Å². The van der Waals surface area contributed by atoms with Crippen molar-refractivity contribution in [2.24, 2.45) is 0 Å². The van der Waals surface area contributed by atoms with E-state index in [2.05, 4.69) is 25.9 Å². The molecule has 3 rings (SSSR count). The van der Waals surface area contributed by atoms with Gasteiger partial charge in [-0.05, 0) is 50.3 Å². The maximum absolute atomic E-state index is 12.2. The van der Waals surface area contributed by atoms with Gasteiger partial charge in [-0.1, -0.05) is 18.2 Å². The predicted octanol–water partition coefficient (Wildman–Crippen LogP) is 3.40. The summed E-state index contributed by atoms with van der Waals surface area (Å²) in [5.41, 5.74) is 1.91. The highest BCUT2D eigenvalue weighted by molar-refractivity contribution is 5.90. The minimum absolute atomic E-state index is 0.136. The predicted molar refractivity (Wildman–Crippen MR) is 109 cm³/mol. The number of benzene rings is 1. The molecule has 1 saturated carbocycles. The topological polar surface area (TPSA) is 82.2 Å².